The summed E-state index contributed by atoms with van der Waals surface area (Å²) in [7, 11) is -9.28. The van der Waals surface area contributed by atoms with Crippen LogP contribution in [0.25, 0.3) is 0 Å². The predicted octanol–water partition coefficient (Wildman–Crippen LogP) is -2.20. The molecule has 98 valence electrons. The molecule has 0 aliphatic carbocycles. The summed E-state index contributed by atoms with van der Waals surface area (Å²) in [6.45, 7) is 0. The van der Waals surface area contributed by atoms with E-state index in [1.165, 1.54) is 0 Å². The summed E-state index contributed by atoms with van der Waals surface area (Å²) in [6, 6.07) is 0. The SMILES string of the molecule is C.C.C.C.O=P(O)(O)O.O=P(O)(O)O.[H-].[Na+]. The van der Waals surface area contributed by atoms with Crippen molar-refractivity contribution in [1.29, 1.82) is 0 Å². The normalized spacial score (nSPS) is 7.87. The van der Waals surface area contributed by atoms with E-state index in [4.69, 9.17) is 38.5 Å². The summed E-state index contributed by atoms with van der Waals surface area (Å²) >= 11 is 0. The van der Waals surface area contributed by atoms with E-state index in [9.17, 15) is 0 Å². The van der Waals surface area contributed by atoms with Gasteiger partial charge in [0.1, 0.15) is 0 Å². The standard InChI is InChI=1S/4CH4.Na.2H3O4P.H/c;;;;;2*1-5(2,3)4;/h4*1H4;;2*(H3,1,2,3,4);/q;;;;+1;;;-1. The van der Waals surface area contributed by atoms with Crippen molar-refractivity contribution < 1.29 is 69.5 Å². The van der Waals surface area contributed by atoms with E-state index in [2.05, 4.69) is 0 Å². The second-order valence-corrected chi connectivity index (χ2v) is 3.08. The fourth-order valence-electron chi connectivity index (χ4n) is 0. The molecular formula is C4H23NaO8P2. The zero-order chi connectivity index (χ0) is 9.00. The van der Waals surface area contributed by atoms with Crippen LogP contribution in [0, 0.1) is 0 Å². The molecule has 8 nitrogen and oxygen atoms in total. The van der Waals surface area contributed by atoms with E-state index < -0.39 is 15.6 Å². The van der Waals surface area contributed by atoms with E-state index in [1.54, 1.807) is 0 Å². The van der Waals surface area contributed by atoms with E-state index in [-0.39, 0.29) is 60.7 Å². The van der Waals surface area contributed by atoms with Crippen LogP contribution in [0.15, 0.2) is 0 Å². The van der Waals surface area contributed by atoms with E-state index >= 15 is 0 Å². The summed E-state index contributed by atoms with van der Waals surface area (Å²) in [5, 5.41) is 0. The molecule has 11 heteroatoms. The molecule has 0 aromatic rings. The molecule has 0 amide bonds. The van der Waals surface area contributed by atoms with E-state index in [0.29, 0.717) is 0 Å². The van der Waals surface area contributed by atoms with Crippen LogP contribution < -0.4 is 29.6 Å². The second-order valence-electron chi connectivity index (χ2n) is 1.03. The molecule has 15 heavy (non-hydrogen) atoms. The third-order valence-corrected chi connectivity index (χ3v) is 0. The topological polar surface area (TPSA) is 156 Å². The van der Waals surface area contributed by atoms with Gasteiger partial charge in [0.05, 0.1) is 0 Å². The average Bonchev–Trinajstić information content (AvgIpc) is 1.12. The maximum atomic E-state index is 8.88. The van der Waals surface area contributed by atoms with Crippen molar-refractivity contribution >= 4 is 15.6 Å². The summed E-state index contributed by atoms with van der Waals surface area (Å²) in [6.07, 6.45) is 0. The quantitative estimate of drug-likeness (QED) is 0.216. The van der Waals surface area contributed by atoms with Crippen LogP contribution in [0.3, 0.4) is 0 Å². The fraction of sp³-hybridized carbons (Fsp3) is 1.00. The fourth-order valence-corrected chi connectivity index (χ4v) is 0. The Morgan fingerprint density at radius 3 is 0.600 bits per heavy atom. The summed E-state index contributed by atoms with van der Waals surface area (Å²) in [5.74, 6) is 0. The molecule has 0 rings (SSSR count). The van der Waals surface area contributed by atoms with Gasteiger partial charge >= 0.3 is 45.2 Å². The van der Waals surface area contributed by atoms with Gasteiger partial charge in [-0.2, -0.15) is 0 Å². The Kier molecular flexibility index (Phi) is 51.9. The zero-order valence-corrected chi connectivity index (χ0v) is 9.18. The Hall–Kier alpha value is 1.22. The molecule has 0 spiro atoms. The van der Waals surface area contributed by atoms with Crippen molar-refractivity contribution in [2.45, 2.75) is 29.7 Å². The first kappa shape index (κ1) is 44.2. The first-order valence-corrected chi connectivity index (χ1v) is 4.70. The third kappa shape index (κ3) is 1790. The summed E-state index contributed by atoms with van der Waals surface area (Å²) < 4.78 is 17.8. The Morgan fingerprint density at radius 1 is 0.600 bits per heavy atom. The molecule has 0 radical (unpaired) electrons. The number of hydrogen-bond acceptors (Lipinski definition) is 2. The molecule has 0 saturated carbocycles. The third-order valence-electron chi connectivity index (χ3n) is 0. The van der Waals surface area contributed by atoms with Gasteiger partial charge in [0.2, 0.25) is 0 Å². The average molecular weight is 284 g/mol. The van der Waals surface area contributed by atoms with Crippen molar-refractivity contribution in [3.63, 3.8) is 0 Å². The van der Waals surface area contributed by atoms with E-state index in [0.717, 1.165) is 0 Å². The van der Waals surface area contributed by atoms with Crippen molar-refractivity contribution in [3.8, 4) is 0 Å². The molecule has 0 aromatic carbocycles. The molecular weight excluding hydrogens is 261 g/mol. The summed E-state index contributed by atoms with van der Waals surface area (Å²) in [4.78, 5) is 43.1. The monoisotopic (exact) mass is 284 g/mol. The van der Waals surface area contributed by atoms with Gasteiger partial charge < -0.3 is 30.8 Å². The van der Waals surface area contributed by atoms with Crippen LogP contribution in [0.5, 0.6) is 0 Å². The minimum Gasteiger partial charge on any atom is -1.00 e. The van der Waals surface area contributed by atoms with Crippen molar-refractivity contribution in [2.75, 3.05) is 0 Å². The van der Waals surface area contributed by atoms with Crippen LogP contribution in [-0.4, -0.2) is 29.4 Å². The minimum atomic E-state index is -4.64. The van der Waals surface area contributed by atoms with Crippen molar-refractivity contribution in [1.82, 2.24) is 0 Å². The van der Waals surface area contributed by atoms with Crippen LogP contribution >= 0.6 is 15.6 Å². The van der Waals surface area contributed by atoms with Crippen molar-refractivity contribution in [3.05, 3.63) is 0 Å². The molecule has 0 aromatic heterocycles. The molecule has 6 N–H and O–H groups in total. The molecule has 0 saturated heterocycles. The van der Waals surface area contributed by atoms with Gasteiger partial charge in [-0.25, -0.2) is 9.13 Å². The molecule has 0 aliphatic rings. The van der Waals surface area contributed by atoms with E-state index in [1.807, 2.05) is 0 Å². The first-order valence-electron chi connectivity index (χ1n) is 1.57. The van der Waals surface area contributed by atoms with Gasteiger partial charge in [0.15, 0.2) is 0 Å². The first-order chi connectivity index (χ1) is 4.00. The van der Waals surface area contributed by atoms with Gasteiger partial charge in [0.25, 0.3) is 0 Å². The smallest absolute Gasteiger partial charge is 1.00 e. The maximum Gasteiger partial charge on any atom is 1.00 e. The molecule has 0 aliphatic heterocycles. The Bertz CT molecular complexity index is 142. The molecule has 0 heterocycles. The Labute approximate surface area is 115 Å². The summed E-state index contributed by atoms with van der Waals surface area (Å²) in [5.41, 5.74) is 0. The number of phosphoric acid groups is 2. The van der Waals surface area contributed by atoms with Crippen LogP contribution in [0.2, 0.25) is 0 Å². The van der Waals surface area contributed by atoms with Crippen LogP contribution in [-0.2, 0) is 9.13 Å². The largest absolute Gasteiger partial charge is 1.00 e. The van der Waals surface area contributed by atoms with Crippen LogP contribution in [0.1, 0.15) is 31.1 Å². The van der Waals surface area contributed by atoms with Gasteiger partial charge in [-0.05, 0) is 0 Å². The van der Waals surface area contributed by atoms with Crippen molar-refractivity contribution in [2.24, 2.45) is 0 Å². The maximum absolute atomic E-state index is 8.88. The second kappa shape index (κ2) is 17.6. The molecule has 0 bridgehead atoms. The molecule has 0 unspecified atom stereocenters. The number of hydrogen-bond donors (Lipinski definition) is 6. The predicted molar refractivity (Wildman–Crippen MR) is 56.6 cm³/mol. The number of rotatable bonds is 0. The Balaban J connectivity index is -0.00000000970. The zero-order valence-electron chi connectivity index (χ0n) is 6.39. The van der Waals surface area contributed by atoms with Gasteiger partial charge in [-0.15, -0.1) is 0 Å². The van der Waals surface area contributed by atoms with Gasteiger partial charge in [0, 0.05) is 0 Å². The van der Waals surface area contributed by atoms with Gasteiger partial charge in [-0.3, -0.25) is 0 Å². The van der Waals surface area contributed by atoms with Gasteiger partial charge in [-0.1, -0.05) is 29.7 Å². The minimum absolute atomic E-state index is 0. The Morgan fingerprint density at radius 2 is 0.600 bits per heavy atom. The van der Waals surface area contributed by atoms with Crippen LogP contribution in [0.4, 0.5) is 0 Å². The molecule has 0 atom stereocenters. The molecule has 0 fully saturated rings.